The Kier molecular flexibility index (Phi) is 4.87. The van der Waals surface area contributed by atoms with Crippen LogP contribution in [0.5, 0.6) is 0 Å². The van der Waals surface area contributed by atoms with Crippen molar-refractivity contribution >= 4 is 15.7 Å². The lowest BCUT2D eigenvalue weighted by Crippen LogP contribution is -2.53. The molecular formula is C9H19N3O4S. The highest BCUT2D eigenvalue weighted by Crippen LogP contribution is 2.18. The minimum atomic E-state index is -2.97. The monoisotopic (exact) mass is 265 g/mol. The van der Waals surface area contributed by atoms with Crippen molar-refractivity contribution in [2.75, 3.05) is 32.3 Å². The molecule has 1 heterocycles. The van der Waals surface area contributed by atoms with Gasteiger partial charge in [-0.3, -0.25) is 15.1 Å². The van der Waals surface area contributed by atoms with Gasteiger partial charge in [-0.2, -0.15) is 0 Å². The van der Waals surface area contributed by atoms with Gasteiger partial charge in [0.25, 0.3) is 5.91 Å². The van der Waals surface area contributed by atoms with Crippen LogP contribution in [0.2, 0.25) is 0 Å². The Labute approximate surface area is 101 Å². The molecule has 7 nitrogen and oxygen atoms in total. The fourth-order valence-corrected chi connectivity index (χ4v) is 3.77. The van der Waals surface area contributed by atoms with Gasteiger partial charge in [0.15, 0.2) is 9.84 Å². The average Bonchev–Trinajstić information content (AvgIpc) is 2.64. The van der Waals surface area contributed by atoms with Crippen LogP contribution in [-0.4, -0.2) is 63.6 Å². The van der Waals surface area contributed by atoms with Gasteiger partial charge in [0.2, 0.25) is 0 Å². The van der Waals surface area contributed by atoms with E-state index in [1.165, 1.54) is 7.11 Å². The average molecular weight is 265 g/mol. The lowest BCUT2D eigenvalue weighted by Gasteiger charge is -2.30. The molecule has 0 aromatic rings. The number of methoxy groups -OCH3 is 1. The van der Waals surface area contributed by atoms with Crippen LogP contribution < -0.4 is 11.3 Å². The highest BCUT2D eigenvalue weighted by atomic mass is 32.2. The number of hydrogen-bond donors (Lipinski definition) is 2. The van der Waals surface area contributed by atoms with E-state index in [0.717, 1.165) is 0 Å². The van der Waals surface area contributed by atoms with Crippen LogP contribution in [0.1, 0.15) is 6.42 Å². The van der Waals surface area contributed by atoms with Crippen molar-refractivity contribution in [2.45, 2.75) is 18.5 Å². The maximum absolute atomic E-state index is 11.6. The number of nitrogens with one attached hydrogen (secondary N) is 1. The van der Waals surface area contributed by atoms with Crippen molar-refractivity contribution in [2.24, 2.45) is 5.84 Å². The van der Waals surface area contributed by atoms with Crippen molar-refractivity contribution in [3.63, 3.8) is 0 Å². The van der Waals surface area contributed by atoms with Crippen LogP contribution in [0, 0.1) is 0 Å². The summed E-state index contributed by atoms with van der Waals surface area (Å²) in [5.41, 5.74) is 2.06. The quantitative estimate of drug-likeness (QED) is 0.342. The normalized spacial score (nSPS) is 24.8. The zero-order valence-electron chi connectivity index (χ0n) is 10.0. The first kappa shape index (κ1) is 14.4. The summed E-state index contributed by atoms with van der Waals surface area (Å²) in [6.45, 7) is 0.177. The van der Waals surface area contributed by atoms with E-state index in [0.29, 0.717) is 6.42 Å². The second-order valence-electron chi connectivity index (χ2n) is 4.20. The van der Waals surface area contributed by atoms with Gasteiger partial charge in [-0.25, -0.2) is 14.3 Å². The van der Waals surface area contributed by atoms with E-state index < -0.39 is 15.9 Å². The summed E-state index contributed by atoms with van der Waals surface area (Å²) in [5.74, 6) is 4.97. The summed E-state index contributed by atoms with van der Waals surface area (Å²) < 4.78 is 27.7. The molecule has 0 aliphatic carbocycles. The molecule has 1 amide bonds. The molecule has 1 saturated heterocycles. The molecule has 100 valence electrons. The van der Waals surface area contributed by atoms with Crippen molar-refractivity contribution in [1.29, 1.82) is 0 Å². The summed E-state index contributed by atoms with van der Waals surface area (Å²) in [7, 11) is 0.228. The number of ether oxygens (including phenoxy) is 1. The lowest BCUT2D eigenvalue weighted by molar-refractivity contribution is -0.128. The van der Waals surface area contributed by atoms with Crippen molar-refractivity contribution < 1.29 is 17.9 Å². The Balaban J connectivity index is 2.71. The number of nitrogens with two attached hydrogens (primary N) is 1. The van der Waals surface area contributed by atoms with E-state index in [4.69, 9.17) is 10.6 Å². The van der Waals surface area contributed by atoms with Gasteiger partial charge < -0.3 is 4.74 Å². The molecule has 0 aromatic carbocycles. The van der Waals surface area contributed by atoms with Crippen LogP contribution in [-0.2, 0) is 19.4 Å². The molecule has 0 saturated carbocycles. The van der Waals surface area contributed by atoms with Crippen molar-refractivity contribution in [3.8, 4) is 0 Å². The van der Waals surface area contributed by atoms with Crippen LogP contribution in [0.25, 0.3) is 0 Å². The smallest absolute Gasteiger partial charge is 0.253 e. The van der Waals surface area contributed by atoms with E-state index in [1.807, 2.05) is 0 Å². The highest BCUT2D eigenvalue weighted by molar-refractivity contribution is 7.91. The number of hydrogen-bond acceptors (Lipinski definition) is 6. The van der Waals surface area contributed by atoms with Crippen LogP contribution in [0.3, 0.4) is 0 Å². The number of carbonyl (C=O) groups excluding carboxylic acids is 1. The molecular weight excluding hydrogens is 246 g/mol. The van der Waals surface area contributed by atoms with Gasteiger partial charge in [-0.05, 0) is 13.5 Å². The zero-order valence-corrected chi connectivity index (χ0v) is 10.9. The van der Waals surface area contributed by atoms with Gasteiger partial charge in [0.05, 0.1) is 18.1 Å². The molecule has 8 heteroatoms. The molecule has 1 fully saturated rings. The molecule has 0 aromatic heterocycles. The molecule has 0 spiro atoms. The van der Waals surface area contributed by atoms with Crippen molar-refractivity contribution in [3.05, 3.63) is 0 Å². The van der Waals surface area contributed by atoms with E-state index in [2.05, 4.69) is 5.43 Å². The molecule has 2 unspecified atom stereocenters. The standard InChI is InChI=1S/C9H19N3O4S/c1-12(7-3-4-17(14,15)6-7)8(5-16-2)9(13)11-10/h7-8H,3-6,10H2,1-2H3,(H,11,13). The number of hydrazine groups is 1. The molecule has 3 N–H and O–H groups in total. The Morgan fingerprint density at radius 1 is 1.65 bits per heavy atom. The summed E-state index contributed by atoms with van der Waals surface area (Å²) in [5, 5.41) is 0. The largest absolute Gasteiger partial charge is 0.383 e. The molecule has 1 rings (SSSR count). The molecule has 1 aliphatic heterocycles. The predicted octanol–water partition coefficient (Wildman–Crippen LogP) is -1.89. The van der Waals surface area contributed by atoms with Gasteiger partial charge >= 0.3 is 0 Å². The third kappa shape index (κ3) is 3.63. The molecule has 2 atom stereocenters. The molecule has 1 aliphatic rings. The second kappa shape index (κ2) is 5.76. The third-order valence-corrected chi connectivity index (χ3v) is 4.80. The lowest BCUT2D eigenvalue weighted by atomic mass is 10.1. The van der Waals surface area contributed by atoms with E-state index in [-0.39, 0.29) is 30.1 Å². The molecule has 0 radical (unpaired) electrons. The Hall–Kier alpha value is -0.700. The molecule has 0 bridgehead atoms. The Bertz CT molecular complexity index is 370. The van der Waals surface area contributed by atoms with Gasteiger partial charge in [0, 0.05) is 13.2 Å². The number of rotatable bonds is 5. The van der Waals surface area contributed by atoms with Gasteiger partial charge in [0.1, 0.15) is 6.04 Å². The number of nitrogens with zero attached hydrogens (tertiary/aromatic N) is 1. The summed E-state index contributed by atoms with van der Waals surface area (Å²) >= 11 is 0. The summed E-state index contributed by atoms with van der Waals surface area (Å²) in [6.07, 6.45) is 0.539. The topological polar surface area (TPSA) is 102 Å². The van der Waals surface area contributed by atoms with Crippen molar-refractivity contribution in [1.82, 2.24) is 10.3 Å². The maximum atomic E-state index is 11.6. The Morgan fingerprint density at radius 3 is 2.71 bits per heavy atom. The third-order valence-electron chi connectivity index (χ3n) is 3.05. The fraction of sp³-hybridized carbons (Fsp3) is 0.889. The summed E-state index contributed by atoms with van der Waals surface area (Å²) in [4.78, 5) is 13.3. The van der Waals surface area contributed by atoms with Gasteiger partial charge in [-0.15, -0.1) is 0 Å². The number of sulfone groups is 1. The zero-order chi connectivity index (χ0) is 13.1. The minimum Gasteiger partial charge on any atom is -0.383 e. The van der Waals surface area contributed by atoms with Crippen LogP contribution in [0.15, 0.2) is 0 Å². The maximum Gasteiger partial charge on any atom is 0.253 e. The van der Waals surface area contributed by atoms with Crippen LogP contribution >= 0.6 is 0 Å². The SMILES string of the molecule is COCC(C(=O)NN)N(C)C1CCS(=O)(=O)C1. The van der Waals surface area contributed by atoms with Gasteiger partial charge in [-0.1, -0.05) is 0 Å². The fourth-order valence-electron chi connectivity index (χ4n) is 1.98. The van der Waals surface area contributed by atoms with E-state index in [9.17, 15) is 13.2 Å². The minimum absolute atomic E-state index is 0.0849. The summed E-state index contributed by atoms with van der Waals surface area (Å²) in [6, 6.07) is -0.722. The number of carbonyl (C=O) groups is 1. The van der Waals surface area contributed by atoms with E-state index in [1.54, 1.807) is 11.9 Å². The highest BCUT2D eigenvalue weighted by Gasteiger charge is 2.35. The first-order valence-electron chi connectivity index (χ1n) is 5.33. The number of likely N-dealkylation sites (N-methyl/N-ethyl adjacent to an activating group) is 1. The Morgan fingerprint density at radius 2 is 2.29 bits per heavy atom. The van der Waals surface area contributed by atoms with E-state index >= 15 is 0 Å². The number of amides is 1. The first-order chi connectivity index (χ1) is 7.91. The predicted molar refractivity (Wildman–Crippen MR) is 62.8 cm³/mol. The second-order valence-corrected chi connectivity index (χ2v) is 6.43. The molecule has 17 heavy (non-hydrogen) atoms. The van der Waals surface area contributed by atoms with Crippen LogP contribution in [0.4, 0.5) is 0 Å². The first-order valence-corrected chi connectivity index (χ1v) is 7.15.